The Bertz CT molecular complexity index is 919. The van der Waals surface area contributed by atoms with Crippen LogP contribution in [0, 0.1) is 0 Å². The molecule has 7 heteroatoms. The lowest BCUT2D eigenvalue weighted by molar-refractivity contribution is 0.0980. The van der Waals surface area contributed by atoms with Crippen LogP contribution in [0.25, 0.3) is 0 Å². The molecule has 1 aromatic heterocycles. The zero-order chi connectivity index (χ0) is 19.3. The van der Waals surface area contributed by atoms with Gasteiger partial charge < -0.3 is 10.2 Å². The summed E-state index contributed by atoms with van der Waals surface area (Å²) in [6.45, 7) is 2.35. The van der Waals surface area contributed by atoms with Gasteiger partial charge in [-0.05, 0) is 55.8 Å². The Morgan fingerprint density at radius 1 is 1.11 bits per heavy atom. The SMILES string of the molecule is O=C(c1cn(C2CCNCC2)nn1)N(Cc1ccc(Cl)cc1)c1ccccc1. The maximum absolute atomic E-state index is 13.3. The number of rotatable bonds is 5. The normalized spacial score (nSPS) is 14.8. The van der Waals surface area contributed by atoms with Crippen LogP contribution in [0.15, 0.2) is 60.8 Å². The molecule has 0 spiro atoms. The summed E-state index contributed by atoms with van der Waals surface area (Å²) in [6.07, 6.45) is 3.75. The number of aromatic nitrogens is 3. The topological polar surface area (TPSA) is 63.1 Å². The third-order valence-electron chi connectivity index (χ3n) is 4.98. The van der Waals surface area contributed by atoms with Gasteiger partial charge in [-0.25, -0.2) is 4.68 Å². The summed E-state index contributed by atoms with van der Waals surface area (Å²) < 4.78 is 1.83. The summed E-state index contributed by atoms with van der Waals surface area (Å²) in [6, 6.07) is 17.4. The van der Waals surface area contributed by atoms with E-state index in [2.05, 4.69) is 15.6 Å². The molecule has 0 atom stereocenters. The van der Waals surface area contributed by atoms with E-state index in [0.29, 0.717) is 17.3 Å². The summed E-state index contributed by atoms with van der Waals surface area (Å²) >= 11 is 5.99. The van der Waals surface area contributed by atoms with Crippen molar-refractivity contribution in [2.75, 3.05) is 18.0 Å². The number of carbonyl (C=O) groups is 1. The number of hydrogen-bond donors (Lipinski definition) is 1. The van der Waals surface area contributed by atoms with Gasteiger partial charge in [0, 0.05) is 10.7 Å². The minimum Gasteiger partial charge on any atom is -0.317 e. The molecular weight excluding hydrogens is 374 g/mol. The van der Waals surface area contributed by atoms with Gasteiger partial charge in [0.15, 0.2) is 5.69 Å². The van der Waals surface area contributed by atoms with Crippen LogP contribution in [0.1, 0.15) is 34.9 Å². The quantitative estimate of drug-likeness (QED) is 0.715. The Morgan fingerprint density at radius 2 is 1.82 bits per heavy atom. The number of halogens is 1. The maximum Gasteiger partial charge on any atom is 0.280 e. The van der Waals surface area contributed by atoms with Crippen molar-refractivity contribution in [2.24, 2.45) is 0 Å². The molecule has 0 saturated carbocycles. The highest BCUT2D eigenvalue weighted by Gasteiger charge is 2.23. The fourth-order valence-electron chi connectivity index (χ4n) is 3.42. The summed E-state index contributed by atoms with van der Waals surface area (Å²) in [5.41, 5.74) is 2.17. The lowest BCUT2D eigenvalue weighted by Crippen LogP contribution is -2.31. The van der Waals surface area contributed by atoms with Crippen LogP contribution in [0.5, 0.6) is 0 Å². The molecule has 1 aliphatic rings. The molecule has 0 aliphatic carbocycles. The first-order chi connectivity index (χ1) is 13.7. The van der Waals surface area contributed by atoms with Gasteiger partial charge in [0.05, 0.1) is 18.8 Å². The Morgan fingerprint density at radius 3 is 2.54 bits per heavy atom. The van der Waals surface area contributed by atoms with Crippen molar-refractivity contribution in [2.45, 2.75) is 25.4 Å². The molecule has 1 N–H and O–H groups in total. The zero-order valence-corrected chi connectivity index (χ0v) is 16.2. The minimum atomic E-state index is -0.165. The summed E-state index contributed by atoms with van der Waals surface area (Å²) in [4.78, 5) is 15.0. The van der Waals surface area contributed by atoms with E-state index in [-0.39, 0.29) is 11.9 Å². The number of hydrogen-bond acceptors (Lipinski definition) is 4. The molecule has 1 saturated heterocycles. The minimum absolute atomic E-state index is 0.165. The second kappa shape index (κ2) is 8.54. The van der Waals surface area contributed by atoms with E-state index in [1.165, 1.54) is 0 Å². The predicted molar refractivity (Wildman–Crippen MR) is 110 cm³/mol. The van der Waals surface area contributed by atoms with Crippen LogP contribution < -0.4 is 10.2 Å². The Hall–Kier alpha value is -2.70. The lowest BCUT2D eigenvalue weighted by atomic mass is 10.1. The third-order valence-corrected chi connectivity index (χ3v) is 5.23. The molecule has 1 amide bonds. The largest absolute Gasteiger partial charge is 0.317 e. The van der Waals surface area contributed by atoms with Crippen LogP contribution in [0.4, 0.5) is 5.69 Å². The van der Waals surface area contributed by atoms with Crippen LogP contribution >= 0.6 is 11.6 Å². The molecule has 2 heterocycles. The highest BCUT2D eigenvalue weighted by Crippen LogP contribution is 2.22. The maximum atomic E-state index is 13.3. The van der Waals surface area contributed by atoms with Gasteiger partial charge in [-0.3, -0.25) is 4.79 Å². The Labute approximate surface area is 169 Å². The number of amides is 1. The Balaban J connectivity index is 1.59. The first kappa shape index (κ1) is 18.7. The molecule has 28 heavy (non-hydrogen) atoms. The molecule has 144 valence electrons. The molecule has 1 aliphatic heterocycles. The molecule has 0 radical (unpaired) electrons. The number of para-hydroxylation sites is 1. The predicted octanol–water partition coefficient (Wildman–Crippen LogP) is 3.70. The van der Waals surface area contributed by atoms with Gasteiger partial charge in [0.1, 0.15) is 0 Å². The van der Waals surface area contributed by atoms with Crippen LogP contribution in [0.2, 0.25) is 5.02 Å². The van der Waals surface area contributed by atoms with Crippen molar-refractivity contribution in [3.8, 4) is 0 Å². The smallest absolute Gasteiger partial charge is 0.280 e. The van der Waals surface area contributed by atoms with E-state index in [1.54, 1.807) is 11.1 Å². The molecule has 0 unspecified atom stereocenters. The van der Waals surface area contributed by atoms with Gasteiger partial charge in [0.2, 0.25) is 0 Å². The van der Waals surface area contributed by atoms with Gasteiger partial charge in [0.25, 0.3) is 5.91 Å². The van der Waals surface area contributed by atoms with Crippen molar-refractivity contribution in [3.05, 3.63) is 77.1 Å². The molecule has 0 bridgehead atoms. The third kappa shape index (κ3) is 4.24. The van der Waals surface area contributed by atoms with Crippen LogP contribution in [0.3, 0.4) is 0 Å². The number of anilines is 1. The van der Waals surface area contributed by atoms with Gasteiger partial charge >= 0.3 is 0 Å². The lowest BCUT2D eigenvalue weighted by Gasteiger charge is -2.23. The van der Waals surface area contributed by atoms with Crippen molar-refractivity contribution in [3.63, 3.8) is 0 Å². The number of nitrogens with one attached hydrogen (secondary N) is 1. The summed E-state index contributed by atoms with van der Waals surface area (Å²) in [5.74, 6) is -0.165. The van der Waals surface area contributed by atoms with Crippen LogP contribution in [-0.4, -0.2) is 34.0 Å². The van der Waals surface area contributed by atoms with Crippen molar-refractivity contribution in [1.82, 2.24) is 20.3 Å². The first-order valence-electron chi connectivity index (χ1n) is 9.44. The van der Waals surface area contributed by atoms with E-state index in [0.717, 1.165) is 37.2 Å². The van der Waals surface area contributed by atoms with E-state index in [1.807, 2.05) is 59.3 Å². The second-order valence-corrected chi connectivity index (χ2v) is 7.35. The molecule has 1 fully saturated rings. The van der Waals surface area contributed by atoms with Gasteiger partial charge in [-0.2, -0.15) is 0 Å². The highest BCUT2D eigenvalue weighted by molar-refractivity contribution is 6.30. The second-order valence-electron chi connectivity index (χ2n) is 6.92. The molecule has 6 nitrogen and oxygen atoms in total. The van der Waals surface area contributed by atoms with E-state index < -0.39 is 0 Å². The average Bonchev–Trinajstić information content (AvgIpc) is 3.24. The number of carbonyl (C=O) groups excluding carboxylic acids is 1. The molecule has 2 aromatic carbocycles. The van der Waals surface area contributed by atoms with E-state index in [9.17, 15) is 4.79 Å². The number of benzene rings is 2. The summed E-state index contributed by atoms with van der Waals surface area (Å²) in [5, 5.41) is 12.4. The van der Waals surface area contributed by atoms with Gasteiger partial charge in [-0.15, -0.1) is 5.10 Å². The summed E-state index contributed by atoms with van der Waals surface area (Å²) in [7, 11) is 0. The first-order valence-corrected chi connectivity index (χ1v) is 9.82. The van der Waals surface area contributed by atoms with E-state index >= 15 is 0 Å². The van der Waals surface area contributed by atoms with Crippen molar-refractivity contribution in [1.29, 1.82) is 0 Å². The highest BCUT2D eigenvalue weighted by atomic mass is 35.5. The average molecular weight is 396 g/mol. The Kier molecular flexibility index (Phi) is 5.69. The standard InChI is InChI=1S/C21H22ClN5O/c22-17-8-6-16(7-9-17)14-26(18-4-2-1-3-5-18)21(28)20-15-27(25-24-20)19-10-12-23-13-11-19/h1-9,15,19,23H,10-14H2. The monoisotopic (exact) mass is 395 g/mol. The van der Waals surface area contributed by atoms with Crippen LogP contribution in [-0.2, 0) is 6.54 Å². The number of piperidine rings is 1. The van der Waals surface area contributed by atoms with E-state index in [4.69, 9.17) is 11.6 Å². The van der Waals surface area contributed by atoms with Crippen molar-refractivity contribution < 1.29 is 4.79 Å². The van der Waals surface area contributed by atoms with Crippen molar-refractivity contribution >= 4 is 23.2 Å². The molecule has 3 aromatic rings. The molecular formula is C21H22ClN5O. The fraction of sp³-hybridized carbons (Fsp3) is 0.286. The zero-order valence-electron chi connectivity index (χ0n) is 15.5. The van der Waals surface area contributed by atoms with Gasteiger partial charge in [-0.1, -0.05) is 47.1 Å². The number of nitrogens with zero attached hydrogens (tertiary/aromatic N) is 4. The fourth-order valence-corrected chi connectivity index (χ4v) is 3.55. The molecule has 4 rings (SSSR count).